The van der Waals surface area contributed by atoms with E-state index in [0.717, 1.165) is 0 Å². The van der Waals surface area contributed by atoms with Crippen molar-refractivity contribution in [3.63, 3.8) is 0 Å². The zero-order chi connectivity index (χ0) is 11.1. The summed E-state index contributed by atoms with van der Waals surface area (Å²) in [6.45, 7) is 2.78. The third-order valence-corrected chi connectivity index (χ3v) is 1.56. The minimum atomic E-state index is -0.150. The zero-order valence-corrected chi connectivity index (χ0v) is 8.74. The van der Waals surface area contributed by atoms with Crippen LogP contribution in [0.3, 0.4) is 0 Å². The molecule has 0 saturated heterocycles. The summed E-state index contributed by atoms with van der Waals surface area (Å²) in [4.78, 5) is 15.1. The van der Waals surface area contributed by atoms with Crippen molar-refractivity contribution in [1.29, 1.82) is 0 Å². The number of methoxy groups -OCH3 is 1. The zero-order valence-electron chi connectivity index (χ0n) is 8.74. The maximum absolute atomic E-state index is 11.2. The average molecular weight is 214 g/mol. The van der Waals surface area contributed by atoms with Crippen molar-refractivity contribution in [2.75, 3.05) is 32.1 Å². The number of nitrogens with one attached hydrogen (secondary N) is 2. The van der Waals surface area contributed by atoms with E-state index >= 15 is 0 Å². The Labute approximate surface area is 87.2 Å². The number of hydrogen-bond acceptors (Lipinski definition) is 6. The number of amides is 1. The van der Waals surface area contributed by atoms with E-state index < -0.39 is 0 Å². The summed E-state index contributed by atoms with van der Waals surface area (Å²) in [7, 11) is 1.58. The maximum Gasteiger partial charge on any atom is 0.321 e. The molecule has 15 heavy (non-hydrogen) atoms. The number of rotatable bonds is 6. The van der Waals surface area contributed by atoms with E-state index in [9.17, 15) is 4.79 Å². The Morgan fingerprint density at radius 2 is 2.40 bits per heavy atom. The average Bonchev–Trinajstić information content (AvgIpc) is 2.62. The molecule has 0 aliphatic heterocycles. The minimum Gasteiger partial charge on any atom is -0.383 e. The molecule has 0 fully saturated rings. The van der Waals surface area contributed by atoms with Crippen LogP contribution in [0.1, 0.15) is 5.82 Å². The Bertz CT molecular complexity index is 313. The van der Waals surface area contributed by atoms with Gasteiger partial charge in [-0.15, -0.1) is 0 Å². The molecule has 0 spiro atoms. The third kappa shape index (κ3) is 4.41. The molecule has 0 radical (unpaired) electrons. The van der Waals surface area contributed by atoms with E-state index in [0.29, 0.717) is 19.0 Å². The molecule has 0 atom stereocenters. The van der Waals surface area contributed by atoms with Gasteiger partial charge in [-0.05, 0) is 6.92 Å². The van der Waals surface area contributed by atoms with Gasteiger partial charge in [0.2, 0.25) is 5.91 Å². The van der Waals surface area contributed by atoms with Gasteiger partial charge in [-0.1, -0.05) is 5.16 Å². The van der Waals surface area contributed by atoms with Crippen molar-refractivity contribution < 1.29 is 14.1 Å². The molecule has 0 aliphatic carbocycles. The fourth-order valence-electron chi connectivity index (χ4n) is 0.880. The second kappa shape index (κ2) is 5.97. The molecule has 0 bridgehead atoms. The second-order valence-electron chi connectivity index (χ2n) is 2.84. The monoisotopic (exact) mass is 214 g/mol. The number of carbonyl (C=O) groups is 1. The van der Waals surface area contributed by atoms with E-state index in [1.807, 2.05) is 0 Å². The van der Waals surface area contributed by atoms with Gasteiger partial charge in [0.05, 0.1) is 13.2 Å². The SMILES string of the molecule is COCCNC(=O)CNc1nc(C)no1. The first-order valence-corrected chi connectivity index (χ1v) is 4.52. The summed E-state index contributed by atoms with van der Waals surface area (Å²) < 4.78 is 9.55. The molecule has 1 aromatic heterocycles. The predicted molar refractivity (Wildman–Crippen MR) is 52.4 cm³/mol. The predicted octanol–water partition coefficient (Wildman–Crippen LogP) is -0.447. The Hall–Kier alpha value is -1.63. The van der Waals surface area contributed by atoms with Gasteiger partial charge in [-0.3, -0.25) is 4.79 Å². The molecule has 0 aromatic carbocycles. The van der Waals surface area contributed by atoms with E-state index in [4.69, 9.17) is 9.26 Å². The van der Waals surface area contributed by atoms with Gasteiger partial charge < -0.3 is 19.9 Å². The molecule has 1 heterocycles. The number of ether oxygens (including phenoxy) is 1. The smallest absolute Gasteiger partial charge is 0.321 e. The normalized spacial score (nSPS) is 10.0. The standard InChI is InChI=1S/C8H14N4O3/c1-6-11-8(15-12-6)10-5-7(13)9-3-4-14-2/h3-5H2,1-2H3,(H,9,13)(H,10,11,12). The largest absolute Gasteiger partial charge is 0.383 e. The van der Waals surface area contributed by atoms with Crippen LogP contribution in [0, 0.1) is 6.92 Å². The number of carbonyl (C=O) groups excluding carboxylic acids is 1. The molecule has 1 aromatic rings. The van der Waals surface area contributed by atoms with Crippen LogP contribution in [-0.2, 0) is 9.53 Å². The second-order valence-corrected chi connectivity index (χ2v) is 2.84. The van der Waals surface area contributed by atoms with Gasteiger partial charge in [0.15, 0.2) is 5.82 Å². The lowest BCUT2D eigenvalue weighted by molar-refractivity contribution is -0.119. The van der Waals surface area contributed by atoms with Crippen molar-refractivity contribution in [1.82, 2.24) is 15.5 Å². The summed E-state index contributed by atoms with van der Waals surface area (Å²) >= 11 is 0. The summed E-state index contributed by atoms with van der Waals surface area (Å²) in [6.07, 6.45) is 0. The van der Waals surface area contributed by atoms with Crippen LogP contribution in [0.25, 0.3) is 0 Å². The number of nitrogens with zero attached hydrogens (tertiary/aromatic N) is 2. The van der Waals surface area contributed by atoms with Crippen LogP contribution in [0.4, 0.5) is 6.01 Å². The van der Waals surface area contributed by atoms with E-state index in [1.54, 1.807) is 14.0 Å². The number of aromatic nitrogens is 2. The fourth-order valence-corrected chi connectivity index (χ4v) is 0.880. The molecule has 7 heteroatoms. The highest BCUT2D eigenvalue weighted by atomic mass is 16.5. The van der Waals surface area contributed by atoms with Gasteiger partial charge in [0, 0.05) is 13.7 Å². The van der Waals surface area contributed by atoms with Crippen LogP contribution in [-0.4, -0.2) is 42.9 Å². The maximum atomic E-state index is 11.2. The summed E-state index contributed by atoms with van der Waals surface area (Å²) in [5.74, 6) is 0.375. The quantitative estimate of drug-likeness (QED) is 0.623. The van der Waals surface area contributed by atoms with E-state index in [2.05, 4.69) is 20.8 Å². The van der Waals surface area contributed by atoms with Gasteiger partial charge in [-0.2, -0.15) is 4.98 Å². The van der Waals surface area contributed by atoms with Crippen LogP contribution in [0.5, 0.6) is 0 Å². The van der Waals surface area contributed by atoms with Crippen molar-refractivity contribution in [2.24, 2.45) is 0 Å². The van der Waals surface area contributed by atoms with Gasteiger partial charge in [0.1, 0.15) is 0 Å². The van der Waals surface area contributed by atoms with Gasteiger partial charge in [-0.25, -0.2) is 0 Å². The summed E-state index contributed by atoms with van der Waals surface area (Å²) in [5, 5.41) is 8.91. The Morgan fingerprint density at radius 1 is 1.60 bits per heavy atom. The van der Waals surface area contributed by atoms with Crippen molar-refractivity contribution in [3.8, 4) is 0 Å². The summed E-state index contributed by atoms with van der Waals surface area (Å²) in [6, 6.07) is 0.245. The number of hydrogen-bond donors (Lipinski definition) is 2. The lowest BCUT2D eigenvalue weighted by Crippen LogP contribution is -2.32. The third-order valence-electron chi connectivity index (χ3n) is 1.56. The van der Waals surface area contributed by atoms with Crippen molar-refractivity contribution in [2.45, 2.75) is 6.92 Å². The Balaban J connectivity index is 2.16. The highest BCUT2D eigenvalue weighted by Crippen LogP contribution is 2.00. The minimum absolute atomic E-state index is 0.103. The molecule has 0 unspecified atom stereocenters. The van der Waals surface area contributed by atoms with Crippen LogP contribution < -0.4 is 10.6 Å². The molecule has 84 valence electrons. The summed E-state index contributed by atoms with van der Waals surface area (Å²) in [5.41, 5.74) is 0. The molecule has 1 amide bonds. The molecular formula is C8H14N4O3. The highest BCUT2D eigenvalue weighted by Gasteiger charge is 2.04. The van der Waals surface area contributed by atoms with E-state index in [-0.39, 0.29) is 18.5 Å². The lowest BCUT2D eigenvalue weighted by Gasteiger charge is -2.03. The van der Waals surface area contributed by atoms with Gasteiger partial charge in [0.25, 0.3) is 0 Å². The lowest BCUT2D eigenvalue weighted by atomic mass is 10.5. The van der Waals surface area contributed by atoms with Crippen molar-refractivity contribution >= 4 is 11.9 Å². The first-order valence-electron chi connectivity index (χ1n) is 4.52. The van der Waals surface area contributed by atoms with E-state index in [1.165, 1.54) is 0 Å². The molecule has 7 nitrogen and oxygen atoms in total. The molecule has 0 saturated carbocycles. The Kier molecular flexibility index (Phi) is 4.55. The molecule has 2 N–H and O–H groups in total. The first-order chi connectivity index (χ1) is 7.22. The first kappa shape index (κ1) is 11.4. The fraction of sp³-hybridized carbons (Fsp3) is 0.625. The van der Waals surface area contributed by atoms with Crippen LogP contribution in [0.15, 0.2) is 4.52 Å². The molecular weight excluding hydrogens is 200 g/mol. The van der Waals surface area contributed by atoms with Crippen LogP contribution in [0.2, 0.25) is 0 Å². The Morgan fingerprint density at radius 3 is 3.00 bits per heavy atom. The van der Waals surface area contributed by atoms with Gasteiger partial charge >= 0.3 is 6.01 Å². The molecule has 0 aliphatic rings. The van der Waals surface area contributed by atoms with Crippen LogP contribution >= 0.6 is 0 Å². The van der Waals surface area contributed by atoms with Crippen molar-refractivity contribution in [3.05, 3.63) is 5.82 Å². The number of aryl methyl sites for hydroxylation is 1. The highest BCUT2D eigenvalue weighted by molar-refractivity contribution is 5.79. The number of anilines is 1. The molecule has 1 rings (SSSR count). The topological polar surface area (TPSA) is 89.3 Å².